The maximum atomic E-state index is 5.45. The Hall–Kier alpha value is -4.11. The largest absolute Gasteiger partial charge is 0.497 e. The molecule has 196 valence electrons. The van der Waals surface area contributed by atoms with E-state index in [0.717, 1.165) is 18.0 Å². The fourth-order valence-corrected chi connectivity index (χ4v) is 6.13. The van der Waals surface area contributed by atoms with E-state index in [9.17, 15) is 0 Å². The smallest absolute Gasteiger partial charge is 0.217 e. The van der Waals surface area contributed by atoms with Gasteiger partial charge in [0.15, 0.2) is 0 Å². The zero-order chi connectivity index (χ0) is 27.5. The van der Waals surface area contributed by atoms with Gasteiger partial charge in [0.1, 0.15) is 12.3 Å². The molecule has 6 aromatic rings. The molecule has 2 aromatic heterocycles. The van der Waals surface area contributed by atoms with Crippen molar-refractivity contribution in [1.29, 1.82) is 0 Å². The lowest BCUT2D eigenvalue weighted by molar-refractivity contribution is -0.640. The van der Waals surface area contributed by atoms with E-state index in [1.807, 2.05) is 12.1 Å². The lowest BCUT2D eigenvalue weighted by Crippen LogP contribution is -2.32. The monoisotopic (exact) mass is 513 g/mol. The molecule has 0 saturated heterocycles. The first-order chi connectivity index (χ1) is 18.7. The summed E-state index contributed by atoms with van der Waals surface area (Å²) in [5.41, 5.74) is 10.3. The highest BCUT2D eigenvalue weighted by Crippen LogP contribution is 2.39. The summed E-state index contributed by atoms with van der Waals surface area (Å²) in [4.78, 5) is 0. The summed E-state index contributed by atoms with van der Waals surface area (Å²) < 4.78 is 10.3. The number of nitrogens with zero attached hydrogens (tertiary/aromatic N) is 2. The number of hydrogen-bond acceptors (Lipinski definition) is 1. The van der Waals surface area contributed by atoms with E-state index < -0.39 is 0 Å². The molecule has 0 bridgehead atoms. The van der Waals surface area contributed by atoms with Gasteiger partial charge in [-0.1, -0.05) is 57.2 Å². The second-order valence-corrected chi connectivity index (χ2v) is 11.6. The molecule has 39 heavy (non-hydrogen) atoms. The van der Waals surface area contributed by atoms with Gasteiger partial charge in [0.2, 0.25) is 11.0 Å². The van der Waals surface area contributed by atoms with Crippen LogP contribution in [0, 0.1) is 13.8 Å². The summed E-state index contributed by atoms with van der Waals surface area (Å²) in [5.74, 6) is 0.858. The van der Waals surface area contributed by atoms with Crippen LogP contribution in [0.25, 0.3) is 49.5 Å². The van der Waals surface area contributed by atoms with Crippen LogP contribution in [-0.2, 0) is 12.0 Å². The summed E-state index contributed by atoms with van der Waals surface area (Å²) in [6, 6.07) is 28.5. The summed E-state index contributed by atoms with van der Waals surface area (Å²) in [6.45, 7) is 14.7. The normalized spacial score (nSPS) is 12.1. The first-order valence-corrected chi connectivity index (χ1v) is 13.9. The lowest BCUT2D eigenvalue weighted by Gasteiger charge is -2.19. The highest BCUT2D eigenvalue weighted by molar-refractivity contribution is 6.14. The minimum absolute atomic E-state index is 0.0938. The molecule has 0 spiro atoms. The van der Waals surface area contributed by atoms with Gasteiger partial charge >= 0.3 is 0 Å². The average molecular weight is 514 g/mol. The van der Waals surface area contributed by atoms with Gasteiger partial charge in [0.05, 0.1) is 23.6 Å². The van der Waals surface area contributed by atoms with Crippen molar-refractivity contribution < 1.29 is 9.30 Å². The van der Waals surface area contributed by atoms with E-state index in [-0.39, 0.29) is 5.41 Å². The Morgan fingerprint density at radius 1 is 0.795 bits per heavy atom. The molecule has 3 heteroatoms. The molecule has 0 amide bonds. The van der Waals surface area contributed by atoms with E-state index in [2.05, 4.69) is 124 Å². The first-order valence-electron chi connectivity index (χ1n) is 13.9. The lowest BCUT2D eigenvalue weighted by atomic mass is 9.86. The van der Waals surface area contributed by atoms with E-state index >= 15 is 0 Å². The molecule has 6 rings (SSSR count). The fraction of sp³-hybridized carbons (Fsp3) is 0.250. The number of benzene rings is 4. The molecule has 0 saturated carbocycles. The van der Waals surface area contributed by atoms with Crippen molar-refractivity contribution in [2.45, 2.75) is 53.5 Å². The van der Waals surface area contributed by atoms with Gasteiger partial charge in [-0.2, -0.15) is 4.57 Å². The van der Waals surface area contributed by atoms with Crippen LogP contribution < -0.4 is 9.30 Å². The molecule has 0 fully saturated rings. The van der Waals surface area contributed by atoms with Gasteiger partial charge < -0.3 is 9.30 Å². The number of aryl methyl sites for hydroxylation is 3. The van der Waals surface area contributed by atoms with Gasteiger partial charge in [-0.05, 0) is 84.7 Å². The number of pyridine rings is 1. The number of aromatic nitrogens is 2. The highest BCUT2D eigenvalue weighted by atomic mass is 16.5. The van der Waals surface area contributed by atoms with Crippen LogP contribution in [-0.4, -0.2) is 11.7 Å². The Morgan fingerprint density at radius 3 is 2.15 bits per heavy atom. The summed E-state index contributed by atoms with van der Waals surface area (Å²) in [6.07, 6.45) is 2.34. The zero-order valence-electron chi connectivity index (χ0n) is 24.1. The molecule has 0 N–H and O–H groups in total. The van der Waals surface area contributed by atoms with E-state index in [4.69, 9.17) is 4.74 Å². The van der Waals surface area contributed by atoms with Crippen LogP contribution in [0.15, 0.2) is 85.1 Å². The third-order valence-electron chi connectivity index (χ3n) is 8.29. The van der Waals surface area contributed by atoms with Crippen LogP contribution in [0.4, 0.5) is 0 Å². The topological polar surface area (TPSA) is 18.0 Å². The number of fused-ring (bicyclic) bond motifs is 4. The molecular formula is C36H37N2O+. The van der Waals surface area contributed by atoms with Crippen molar-refractivity contribution in [3.8, 4) is 22.7 Å². The van der Waals surface area contributed by atoms with Crippen LogP contribution >= 0.6 is 0 Å². The maximum Gasteiger partial charge on any atom is 0.217 e. The highest BCUT2D eigenvalue weighted by Gasteiger charge is 2.27. The van der Waals surface area contributed by atoms with Gasteiger partial charge in [0.25, 0.3) is 0 Å². The Labute approximate surface area is 231 Å². The van der Waals surface area contributed by atoms with Crippen LogP contribution in [0.1, 0.15) is 44.4 Å². The number of methoxy groups -OCH3 is 1. The van der Waals surface area contributed by atoms with Gasteiger partial charge in [-0.15, -0.1) is 0 Å². The van der Waals surface area contributed by atoms with Crippen molar-refractivity contribution in [1.82, 2.24) is 4.57 Å². The SMILES string of the molecule is CC[n+]1c2ccc(C(C)(C)C)cc2c2c(C)c3cn(-c4ccc(OC)cc4)c(-c4ccccc4)cc3c(C)c21. The van der Waals surface area contributed by atoms with Crippen molar-refractivity contribution in [2.24, 2.45) is 0 Å². The second-order valence-electron chi connectivity index (χ2n) is 11.6. The third-order valence-corrected chi connectivity index (χ3v) is 8.29. The van der Waals surface area contributed by atoms with Crippen LogP contribution in [0.3, 0.4) is 0 Å². The van der Waals surface area contributed by atoms with Crippen LogP contribution in [0.2, 0.25) is 0 Å². The molecule has 0 aliphatic rings. The molecule has 0 unspecified atom stereocenters. The Morgan fingerprint density at radius 2 is 1.51 bits per heavy atom. The number of rotatable bonds is 4. The molecule has 0 aliphatic heterocycles. The van der Waals surface area contributed by atoms with Crippen molar-refractivity contribution >= 4 is 32.6 Å². The first kappa shape index (κ1) is 25.2. The van der Waals surface area contributed by atoms with Crippen molar-refractivity contribution in [2.75, 3.05) is 7.11 Å². The molecule has 0 radical (unpaired) electrons. The van der Waals surface area contributed by atoms with E-state index in [1.54, 1.807) is 7.11 Å². The molecule has 0 atom stereocenters. The summed E-state index contributed by atoms with van der Waals surface area (Å²) >= 11 is 0. The van der Waals surface area contributed by atoms with E-state index in [1.165, 1.54) is 60.5 Å². The molecule has 0 aliphatic carbocycles. The minimum Gasteiger partial charge on any atom is -0.497 e. The molecule has 3 nitrogen and oxygen atoms in total. The minimum atomic E-state index is 0.0938. The maximum absolute atomic E-state index is 5.45. The van der Waals surface area contributed by atoms with Gasteiger partial charge in [-0.3, -0.25) is 0 Å². The Bertz CT molecular complexity index is 1850. The molecular weight excluding hydrogens is 476 g/mol. The predicted molar refractivity (Wildman–Crippen MR) is 164 cm³/mol. The predicted octanol–water partition coefficient (Wildman–Crippen LogP) is 8.83. The number of hydrogen-bond donors (Lipinski definition) is 0. The molecule has 2 heterocycles. The Kier molecular flexibility index (Phi) is 5.99. The van der Waals surface area contributed by atoms with Gasteiger partial charge in [-0.25, -0.2) is 0 Å². The second kappa shape index (κ2) is 9.27. The summed E-state index contributed by atoms with van der Waals surface area (Å²) in [5, 5.41) is 5.31. The van der Waals surface area contributed by atoms with E-state index in [0.29, 0.717) is 0 Å². The van der Waals surface area contributed by atoms with Crippen molar-refractivity contribution in [3.05, 3.63) is 102 Å². The third kappa shape index (κ3) is 3.99. The quantitative estimate of drug-likeness (QED) is 0.215. The standard InChI is InChI=1S/C36H37N2O/c1-8-37-32-19-14-26(36(4,5)6)20-30(32)34-23(2)31-22-38(27-15-17-28(39-7)18-16-27)33(25-12-10-9-11-13-25)21-29(31)24(3)35(34)37/h9-22H,8H2,1-7H3/q+1. The van der Waals surface area contributed by atoms with Crippen molar-refractivity contribution in [3.63, 3.8) is 0 Å². The Balaban J connectivity index is 1.76. The summed E-state index contributed by atoms with van der Waals surface area (Å²) in [7, 11) is 1.71. The fourth-order valence-electron chi connectivity index (χ4n) is 6.13. The number of ether oxygens (including phenoxy) is 1. The van der Waals surface area contributed by atoms with Crippen LogP contribution in [0.5, 0.6) is 5.75 Å². The average Bonchev–Trinajstić information content (AvgIpc) is 3.29. The zero-order valence-corrected chi connectivity index (χ0v) is 24.1. The molecule has 4 aromatic carbocycles. The van der Waals surface area contributed by atoms with Gasteiger partial charge in [0, 0.05) is 28.9 Å².